The standard InChI is InChI=1S/C12H22N2O3/c1-11(2,3)14-7-10(17)12(8-15)9(16)5-4-6-13-12/h4-6,10,13-17H,7-8H2,1-3H3. The molecule has 0 aliphatic carbocycles. The van der Waals surface area contributed by atoms with Gasteiger partial charge in [-0.2, -0.15) is 0 Å². The van der Waals surface area contributed by atoms with Gasteiger partial charge in [-0.25, -0.2) is 0 Å². The van der Waals surface area contributed by atoms with Crippen molar-refractivity contribution in [3.63, 3.8) is 0 Å². The fourth-order valence-electron chi connectivity index (χ4n) is 1.63. The molecular formula is C12H22N2O3. The number of aliphatic hydroxyl groups excluding tert-OH is 3. The number of allylic oxidation sites excluding steroid dienone is 2. The predicted octanol–water partition coefficient (Wildman–Crippen LogP) is 0.0253. The molecule has 1 rings (SSSR count). The maximum Gasteiger partial charge on any atom is 0.145 e. The molecule has 5 N–H and O–H groups in total. The lowest BCUT2D eigenvalue weighted by atomic mass is 9.88. The first kappa shape index (κ1) is 14.0. The van der Waals surface area contributed by atoms with Crippen LogP contribution in [-0.2, 0) is 0 Å². The van der Waals surface area contributed by atoms with Gasteiger partial charge in [-0.15, -0.1) is 0 Å². The summed E-state index contributed by atoms with van der Waals surface area (Å²) >= 11 is 0. The third-order valence-corrected chi connectivity index (χ3v) is 2.79. The molecule has 0 saturated heterocycles. The minimum Gasteiger partial charge on any atom is -0.510 e. The number of nitrogens with one attached hydrogen (secondary N) is 2. The predicted molar refractivity (Wildman–Crippen MR) is 66.6 cm³/mol. The van der Waals surface area contributed by atoms with Gasteiger partial charge in [0.1, 0.15) is 11.3 Å². The van der Waals surface area contributed by atoms with Crippen LogP contribution in [0.5, 0.6) is 0 Å². The Morgan fingerprint density at radius 2 is 2.12 bits per heavy atom. The summed E-state index contributed by atoms with van der Waals surface area (Å²) in [5.41, 5.74) is -1.35. The van der Waals surface area contributed by atoms with Crippen molar-refractivity contribution >= 4 is 0 Å². The van der Waals surface area contributed by atoms with E-state index in [1.807, 2.05) is 20.8 Å². The van der Waals surface area contributed by atoms with Crippen LogP contribution >= 0.6 is 0 Å². The Kier molecular flexibility index (Phi) is 4.19. The van der Waals surface area contributed by atoms with Crippen LogP contribution in [0.2, 0.25) is 0 Å². The first-order valence-electron chi connectivity index (χ1n) is 5.70. The van der Waals surface area contributed by atoms with E-state index in [1.165, 1.54) is 6.08 Å². The minimum atomic E-state index is -1.22. The number of β-amino-alcohol motifs (C(OH)–C–C–N with tert-alkyl or cyclic N) is 1. The second kappa shape index (κ2) is 5.08. The van der Waals surface area contributed by atoms with E-state index >= 15 is 0 Å². The van der Waals surface area contributed by atoms with Gasteiger partial charge in [-0.1, -0.05) is 0 Å². The van der Waals surface area contributed by atoms with Gasteiger partial charge in [-0.3, -0.25) is 0 Å². The molecule has 0 amide bonds. The van der Waals surface area contributed by atoms with Gasteiger partial charge in [0.25, 0.3) is 0 Å². The van der Waals surface area contributed by atoms with Crippen molar-refractivity contribution in [3.05, 3.63) is 24.1 Å². The van der Waals surface area contributed by atoms with Crippen LogP contribution in [0, 0.1) is 0 Å². The summed E-state index contributed by atoms with van der Waals surface area (Å²) in [7, 11) is 0. The minimum absolute atomic E-state index is 0.0642. The van der Waals surface area contributed by atoms with Crippen molar-refractivity contribution < 1.29 is 15.3 Å². The lowest BCUT2D eigenvalue weighted by Crippen LogP contribution is -2.61. The molecule has 0 aromatic rings. The smallest absolute Gasteiger partial charge is 0.145 e. The van der Waals surface area contributed by atoms with Crippen molar-refractivity contribution in [1.29, 1.82) is 0 Å². The Hall–Kier alpha value is -1.04. The average Bonchev–Trinajstić information content (AvgIpc) is 2.26. The molecule has 0 aromatic carbocycles. The van der Waals surface area contributed by atoms with Gasteiger partial charge >= 0.3 is 0 Å². The van der Waals surface area contributed by atoms with Crippen LogP contribution in [0.15, 0.2) is 24.1 Å². The average molecular weight is 242 g/mol. The summed E-state index contributed by atoms with van der Waals surface area (Å²) < 4.78 is 0. The Labute approximate surface area is 102 Å². The molecule has 0 spiro atoms. The van der Waals surface area contributed by atoms with Crippen LogP contribution in [-0.4, -0.2) is 45.7 Å². The van der Waals surface area contributed by atoms with Crippen molar-refractivity contribution in [2.45, 2.75) is 38.0 Å². The van der Waals surface area contributed by atoms with E-state index in [2.05, 4.69) is 10.6 Å². The summed E-state index contributed by atoms with van der Waals surface area (Å²) in [5, 5.41) is 35.3. The summed E-state index contributed by atoms with van der Waals surface area (Å²) in [6.45, 7) is 5.83. The number of hydrogen-bond donors (Lipinski definition) is 5. The highest BCUT2D eigenvalue weighted by Gasteiger charge is 2.42. The molecule has 0 bridgehead atoms. The molecular weight excluding hydrogens is 220 g/mol. The van der Waals surface area contributed by atoms with Gasteiger partial charge in [0.2, 0.25) is 0 Å². The van der Waals surface area contributed by atoms with Gasteiger partial charge in [0.05, 0.1) is 12.7 Å². The summed E-state index contributed by atoms with van der Waals surface area (Å²) in [5.74, 6) is -0.0642. The van der Waals surface area contributed by atoms with Crippen LogP contribution in [0.25, 0.3) is 0 Å². The lowest BCUT2D eigenvalue weighted by molar-refractivity contribution is 0.0206. The molecule has 0 saturated carbocycles. The third kappa shape index (κ3) is 3.21. The zero-order valence-electron chi connectivity index (χ0n) is 10.6. The number of hydrogen-bond acceptors (Lipinski definition) is 5. The van der Waals surface area contributed by atoms with E-state index in [-0.39, 0.29) is 24.4 Å². The third-order valence-electron chi connectivity index (χ3n) is 2.79. The highest BCUT2D eigenvalue weighted by Crippen LogP contribution is 2.22. The summed E-state index contributed by atoms with van der Waals surface area (Å²) in [6.07, 6.45) is 3.74. The molecule has 98 valence electrons. The second-order valence-corrected chi connectivity index (χ2v) is 5.33. The maximum absolute atomic E-state index is 10.1. The van der Waals surface area contributed by atoms with E-state index in [0.29, 0.717) is 0 Å². The molecule has 0 radical (unpaired) electrons. The highest BCUT2D eigenvalue weighted by atomic mass is 16.3. The largest absolute Gasteiger partial charge is 0.510 e. The Morgan fingerprint density at radius 1 is 1.47 bits per heavy atom. The SMILES string of the molecule is CC(C)(C)NCC(O)C1(CO)NC=CC=C1O. The molecule has 1 heterocycles. The van der Waals surface area contributed by atoms with Crippen LogP contribution in [0.4, 0.5) is 0 Å². The van der Waals surface area contributed by atoms with Gasteiger partial charge in [0, 0.05) is 12.1 Å². The molecule has 2 atom stereocenters. The fraction of sp³-hybridized carbons (Fsp3) is 0.667. The van der Waals surface area contributed by atoms with E-state index in [4.69, 9.17) is 0 Å². The van der Waals surface area contributed by atoms with Crippen LogP contribution in [0.3, 0.4) is 0 Å². The monoisotopic (exact) mass is 242 g/mol. The zero-order chi connectivity index (χ0) is 13.1. The van der Waals surface area contributed by atoms with Crippen LogP contribution in [0.1, 0.15) is 20.8 Å². The highest BCUT2D eigenvalue weighted by molar-refractivity contribution is 5.27. The molecule has 1 aliphatic rings. The van der Waals surface area contributed by atoms with E-state index in [0.717, 1.165) is 0 Å². The van der Waals surface area contributed by atoms with Crippen molar-refractivity contribution in [3.8, 4) is 0 Å². The Morgan fingerprint density at radius 3 is 2.59 bits per heavy atom. The van der Waals surface area contributed by atoms with Gasteiger partial charge in [0.15, 0.2) is 0 Å². The van der Waals surface area contributed by atoms with Crippen molar-refractivity contribution in [2.75, 3.05) is 13.2 Å². The van der Waals surface area contributed by atoms with E-state index < -0.39 is 11.6 Å². The van der Waals surface area contributed by atoms with E-state index in [1.54, 1.807) is 12.3 Å². The van der Waals surface area contributed by atoms with Crippen LogP contribution < -0.4 is 10.6 Å². The second-order valence-electron chi connectivity index (χ2n) is 5.33. The first-order chi connectivity index (χ1) is 7.82. The molecule has 5 nitrogen and oxygen atoms in total. The Bertz CT molecular complexity index is 320. The fourth-order valence-corrected chi connectivity index (χ4v) is 1.63. The number of rotatable bonds is 4. The topological polar surface area (TPSA) is 84.8 Å². The normalized spacial score (nSPS) is 26.3. The first-order valence-corrected chi connectivity index (χ1v) is 5.70. The van der Waals surface area contributed by atoms with Gasteiger partial charge in [-0.05, 0) is 39.1 Å². The van der Waals surface area contributed by atoms with Crippen molar-refractivity contribution in [1.82, 2.24) is 10.6 Å². The molecule has 0 fully saturated rings. The summed E-state index contributed by atoms with van der Waals surface area (Å²) in [6, 6.07) is 0. The number of aliphatic hydroxyl groups is 3. The molecule has 2 unspecified atom stereocenters. The molecule has 17 heavy (non-hydrogen) atoms. The lowest BCUT2D eigenvalue weighted by Gasteiger charge is -2.38. The van der Waals surface area contributed by atoms with Gasteiger partial charge < -0.3 is 26.0 Å². The Balaban J connectivity index is 2.74. The van der Waals surface area contributed by atoms with E-state index in [9.17, 15) is 15.3 Å². The molecule has 5 heteroatoms. The molecule has 1 aliphatic heterocycles. The van der Waals surface area contributed by atoms with Crippen molar-refractivity contribution in [2.24, 2.45) is 0 Å². The zero-order valence-corrected chi connectivity index (χ0v) is 10.6. The summed E-state index contributed by atoms with van der Waals surface area (Å²) in [4.78, 5) is 0. The maximum atomic E-state index is 10.1. The quantitative estimate of drug-likeness (QED) is 0.480. The molecule has 0 aromatic heterocycles. The number of dihydropyridines is 1.